The molecule has 1 aromatic carbocycles. The fraction of sp³-hybridized carbons (Fsp3) is 0.417. The first-order valence-corrected chi connectivity index (χ1v) is 13.0. The maximum absolute atomic E-state index is 13.9. The molecule has 2 fully saturated rings. The van der Waals surface area contributed by atoms with Gasteiger partial charge in [-0.15, -0.1) is 11.3 Å². The van der Waals surface area contributed by atoms with Crippen molar-refractivity contribution < 1.29 is 18.7 Å². The SMILES string of the molecule is COC(=O)C1=C(CN2C3COCC2CC(C2=NN2)C3)NC(c2nccs2)=N[C@H]1c1ccc(F)cc1Cl. The van der Waals surface area contributed by atoms with Crippen LogP contribution in [0.1, 0.15) is 29.5 Å². The molecule has 9 nitrogen and oxygen atoms in total. The normalized spacial score (nSPS) is 27.5. The van der Waals surface area contributed by atoms with Gasteiger partial charge in [-0.05, 0) is 25.0 Å². The number of nitrogens with zero attached hydrogens (tertiary/aromatic N) is 4. The molecule has 2 unspecified atom stereocenters. The number of piperidine rings is 1. The fourth-order valence-corrected chi connectivity index (χ4v) is 6.19. The zero-order valence-corrected chi connectivity index (χ0v) is 21.0. The zero-order chi connectivity index (χ0) is 24.8. The van der Waals surface area contributed by atoms with Crippen molar-refractivity contribution in [3.05, 3.63) is 62.5 Å². The van der Waals surface area contributed by atoms with E-state index < -0.39 is 17.8 Å². The van der Waals surface area contributed by atoms with Gasteiger partial charge < -0.3 is 14.8 Å². The van der Waals surface area contributed by atoms with Crippen LogP contribution in [-0.2, 0) is 14.3 Å². The van der Waals surface area contributed by atoms with Gasteiger partial charge in [0.05, 0.1) is 25.9 Å². The molecule has 0 aliphatic carbocycles. The minimum absolute atomic E-state index is 0.177. The number of esters is 1. The number of hydrogen-bond acceptors (Lipinski definition) is 10. The molecule has 188 valence electrons. The number of carbonyl (C=O) groups excluding carboxylic acids is 1. The van der Waals surface area contributed by atoms with Gasteiger partial charge in [0.25, 0.3) is 0 Å². The number of halogens is 2. The summed E-state index contributed by atoms with van der Waals surface area (Å²) in [5, 5.41) is 10.3. The van der Waals surface area contributed by atoms with E-state index in [4.69, 9.17) is 26.1 Å². The number of rotatable bonds is 6. The maximum atomic E-state index is 13.9. The van der Waals surface area contributed by atoms with E-state index in [0.717, 1.165) is 18.7 Å². The number of nitrogens with one attached hydrogen (secondary N) is 2. The number of benzene rings is 1. The Kier molecular flexibility index (Phi) is 6.24. The van der Waals surface area contributed by atoms with Gasteiger partial charge in [0.2, 0.25) is 0 Å². The lowest BCUT2D eigenvalue weighted by Crippen LogP contribution is -2.59. The van der Waals surface area contributed by atoms with Crippen LogP contribution < -0.4 is 10.7 Å². The summed E-state index contributed by atoms with van der Waals surface area (Å²) in [6.07, 6.45) is 3.54. The molecular weight excluding hydrogens is 507 g/mol. The topological polar surface area (TPSA) is 110 Å². The number of amidine groups is 2. The molecule has 0 amide bonds. The Balaban J connectivity index is 1.41. The summed E-state index contributed by atoms with van der Waals surface area (Å²) in [7, 11) is 1.34. The lowest BCUT2D eigenvalue weighted by Gasteiger charge is -2.48. The van der Waals surface area contributed by atoms with E-state index in [2.05, 4.69) is 25.7 Å². The average Bonchev–Trinajstić information content (AvgIpc) is 3.56. The van der Waals surface area contributed by atoms with Crippen LogP contribution in [-0.4, -0.2) is 66.5 Å². The minimum Gasteiger partial charge on any atom is -0.466 e. The van der Waals surface area contributed by atoms with Crippen molar-refractivity contribution in [2.45, 2.75) is 31.0 Å². The number of ether oxygens (including phenoxy) is 2. The standard InChI is InChI=1S/C24H24ClFN6O3S/c1-34-24(33)19-18(9-32-14-6-12(21-30-31-21)7-15(32)11-35-10-14)28-22(23-27-4-5-36-23)29-20(19)16-3-2-13(26)8-17(16)25/h2-5,8,12,14-15,20H,6-7,9-11H2,1H3,(H,28,29)(H,30,31)/t12?,14?,15?,20-/m0/s1. The predicted octanol–water partition coefficient (Wildman–Crippen LogP) is 2.85. The largest absolute Gasteiger partial charge is 0.466 e. The average molecular weight is 531 g/mol. The van der Waals surface area contributed by atoms with Crippen LogP contribution in [0, 0.1) is 11.7 Å². The molecule has 2 bridgehead atoms. The molecule has 0 radical (unpaired) electrons. The van der Waals surface area contributed by atoms with E-state index in [-0.39, 0.29) is 17.1 Å². The third-order valence-corrected chi connectivity index (χ3v) is 8.17. The molecule has 2 saturated heterocycles. The Morgan fingerprint density at radius 1 is 1.33 bits per heavy atom. The molecule has 1 aromatic heterocycles. The summed E-state index contributed by atoms with van der Waals surface area (Å²) < 4.78 is 25.0. The van der Waals surface area contributed by atoms with Crippen LogP contribution in [0.25, 0.3) is 0 Å². The van der Waals surface area contributed by atoms with Crippen molar-refractivity contribution in [2.75, 3.05) is 26.9 Å². The van der Waals surface area contributed by atoms with Gasteiger partial charge in [-0.2, -0.15) is 5.10 Å². The number of fused-ring (bicyclic) bond motifs is 2. The number of thiazole rings is 1. The third kappa shape index (κ3) is 4.40. The van der Waals surface area contributed by atoms with Gasteiger partial charge in [0, 0.05) is 52.4 Å². The van der Waals surface area contributed by atoms with E-state index in [9.17, 15) is 9.18 Å². The van der Waals surface area contributed by atoms with Crippen molar-refractivity contribution in [3.63, 3.8) is 0 Å². The van der Waals surface area contributed by atoms with Crippen molar-refractivity contribution >= 4 is 40.6 Å². The van der Waals surface area contributed by atoms with Gasteiger partial charge in [-0.3, -0.25) is 15.3 Å². The number of methoxy groups -OCH3 is 1. The van der Waals surface area contributed by atoms with Crippen molar-refractivity contribution in [1.29, 1.82) is 0 Å². The van der Waals surface area contributed by atoms with Crippen LogP contribution in [0.5, 0.6) is 0 Å². The number of carbonyl (C=O) groups is 1. The van der Waals surface area contributed by atoms with Gasteiger partial charge >= 0.3 is 5.97 Å². The Bertz CT molecular complexity index is 1270. The third-order valence-electron chi connectivity index (χ3n) is 7.06. The van der Waals surface area contributed by atoms with Crippen LogP contribution in [0.3, 0.4) is 0 Å². The van der Waals surface area contributed by atoms with Crippen LogP contribution in [0.2, 0.25) is 5.02 Å². The Morgan fingerprint density at radius 2 is 2.11 bits per heavy atom. The highest BCUT2D eigenvalue weighted by molar-refractivity contribution is 7.11. The second-order valence-corrected chi connectivity index (χ2v) is 10.5. The number of hydrogen-bond donors (Lipinski definition) is 2. The molecule has 12 heteroatoms. The number of aromatic nitrogens is 1. The quantitative estimate of drug-likeness (QED) is 0.552. The van der Waals surface area contributed by atoms with Gasteiger partial charge in [0.1, 0.15) is 17.7 Å². The monoisotopic (exact) mass is 530 g/mol. The summed E-state index contributed by atoms with van der Waals surface area (Å²) in [4.78, 5) is 24.8. The highest BCUT2D eigenvalue weighted by Crippen LogP contribution is 2.39. The fourth-order valence-electron chi connectivity index (χ4n) is 5.34. The van der Waals surface area contributed by atoms with Crippen LogP contribution >= 0.6 is 22.9 Å². The van der Waals surface area contributed by atoms with Crippen LogP contribution in [0.4, 0.5) is 4.39 Å². The van der Waals surface area contributed by atoms with E-state index in [1.165, 1.54) is 30.6 Å². The highest BCUT2D eigenvalue weighted by atomic mass is 35.5. The molecule has 0 spiro atoms. The smallest absolute Gasteiger partial charge is 0.338 e. The van der Waals surface area contributed by atoms with E-state index in [0.29, 0.717) is 53.4 Å². The molecule has 4 aliphatic rings. The molecule has 6 rings (SSSR count). The van der Waals surface area contributed by atoms with Gasteiger partial charge in [0.15, 0.2) is 10.8 Å². The predicted molar refractivity (Wildman–Crippen MR) is 133 cm³/mol. The first-order chi connectivity index (χ1) is 17.5. The number of aliphatic imine (C=N–C) groups is 1. The summed E-state index contributed by atoms with van der Waals surface area (Å²) in [5.74, 6) is 1.02. The summed E-state index contributed by atoms with van der Waals surface area (Å²) in [5.41, 5.74) is 4.55. The Hall–Kier alpha value is -2.86. The molecule has 5 heterocycles. The molecule has 3 atom stereocenters. The van der Waals surface area contributed by atoms with E-state index in [1.54, 1.807) is 12.3 Å². The van der Waals surface area contributed by atoms with Gasteiger partial charge in [-0.25, -0.2) is 14.2 Å². The van der Waals surface area contributed by atoms with E-state index in [1.807, 2.05) is 5.38 Å². The minimum atomic E-state index is -0.778. The zero-order valence-electron chi connectivity index (χ0n) is 19.4. The van der Waals surface area contributed by atoms with Crippen molar-refractivity contribution in [3.8, 4) is 0 Å². The second kappa shape index (κ2) is 9.55. The molecular formula is C24H24ClFN6O3S. The lowest BCUT2D eigenvalue weighted by molar-refractivity contribution is -0.136. The lowest BCUT2D eigenvalue weighted by atomic mass is 9.84. The Labute approximate surface area is 216 Å². The number of hydrazone groups is 1. The van der Waals surface area contributed by atoms with Crippen LogP contribution in [0.15, 0.2) is 51.1 Å². The molecule has 2 N–H and O–H groups in total. The first-order valence-electron chi connectivity index (χ1n) is 11.7. The van der Waals surface area contributed by atoms with E-state index >= 15 is 0 Å². The van der Waals surface area contributed by atoms with Gasteiger partial charge in [-0.1, -0.05) is 17.7 Å². The summed E-state index contributed by atoms with van der Waals surface area (Å²) in [6.45, 7) is 1.69. The van der Waals surface area contributed by atoms with Crippen molar-refractivity contribution in [2.24, 2.45) is 16.0 Å². The molecule has 4 aliphatic heterocycles. The summed E-state index contributed by atoms with van der Waals surface area (Å²) in [6, 6.07) is 3.69. The molecule has 0 saturated carbocycles. The number of morpholine rings is 1. The molecule has 2 aromatic rings. The first kappa shape index (κ1) is 23.5. The van der Waals surface area contributed by atoms with Crippen molar-refractivity contribution in [1.82, 2.24) is 20.6 Å². The highest BCUT2D eigenvalue weighted by Gasteiger charge is 2.44. The maximum Gasteiger partial charge on any atom is 0.338 e. The molecule has 36 heavy (non-hydrogen) atoms. The summed E-state index contributed by atoms with van der Waals surface area (Å²) >= 11 is 7.89. The second-order valence-electron chi connectivity index (χ2n) is 9.19. The Morgan fingerprint density at radius 3 is 2.75 bits per heavy atom.